The number of carbonyl (C=O) groups excluding carboxylic acids is 1. The number of carboxylic acid groups (broad SMARTS) is 1. The van der Waals surface area contributed by atoms with Crippen LogP contribution in [0.15, 0.2) is 54.6 Å². The zero-order valence-corrected chi connectivity index (χ0v) is 17.9. The van der Waals surface area contributed by atoms with E-state index in [1.165, 1.54) is 11.3 Å². The van der Waals surface area contributed by atoms with Gasteiger partial charge in [-0.25, -0.2) is 4.79 Å². The van der Waals surface area contributed by atoms with Gasteiger partial charge in [0, 0.05) is 30.0 Å². The average molecular weight is 432 g/mol. The molecule has 0 spiro atoms. The van der Waals surface area contributed by atoms with Crippen molar-refractivity contribution < 1.29 is 24.5 Å². The topological polar surface area (TPSA) is 99.1 Å². The molecule has 0 atom stereocenters. The zero-order chi connectivity index (χ0) is 22.8. The summed E-state index contributed by atoms with van der Waals surface area (Å²) in [6, 6.07) is 16.8. The van der Waals surface area contributed by atoms with Crippen molar-refractivity contribution in [1.29, 1.82) is 0 Å². The Morgan fingerprint density at radius 2 is 1.78 bits per heavy atom. The van der Waals surface area contributed by atoms with E-state index < -0.39 is 11.9 Å². The van der Waals surface area contributed by atoms with Crippen LogP contribution in [0.2, 0.25) is 0 Å². The first-order chi connectivity index (χ1) is 15.3. The number of rotatable bonds is 5. The maximum atomic E-state index is 11.4. The fraction of sp³-hybridized carbons (Fsp3) is 0.200. The van der Waals surface area contributed by atoms with Gasteiger partial charge in [0.05, 0.1) is 0 Å². The quantitative estimate of drug-likeness (QED) is 0.517. The second-order valence-electron chi connectivity index (χ2n) is 7.89. The minimum absolute atomic E-state index is 0.210. The number of carbonyl (C=O) groups is 2. The summed E-state index contributed by atoms with van der Waals surface area (Å²) >= 11 is 0. The maximum absolute atomic E-state index is 11.4. The van der Waals surface area contributed by atoms with Crippen LogP contribution < -0.4 is 15.0 Å². The molecule has 164 valence electrons. The predicted octanol–water partition coefficient (Wildman–Crippen LogP) is 4.39. The van der Waals surface area contributed by atoms with E-state index in [0.29, 0.717) is 23.7 Å². The van der Waals surface area contributed by atoms with E-state index in [1.54, 1.807) is 24.3 Å². The number of benzene rings is 3. The first kappa shape index (κ1) is 21.2. The van der Waals surface area contributed by atoms with Crippen LogP contribution in [0.5, 0.6) is 17.2 Å². The lowest BCUT2D eigenvalue weighted by molar-refractivity contribution is -0.147. The fourth-order valence-electron chi connectivity index (χ4n) is 4.01. The minimum Gasteiger partial charge on any atom is -0.508 e. The van der Waals surface area contributed by atoms with Gasteiger partial charge in [0.1, 0.15) is 17.2 Å². The van der Waals surface area contributed by atoms with Crippen LogP contribution in [0.1, 0.15) is 22.3 Å². The molecule has 4 rings (SSSR count). The van der Waals surface area contributed by atoms with Crippen LogP contribution in [0.3, 0.4) is 0 Å². The summed E-state index contributed by atoms with van der Waals surface area (Å²) < 4.78 is 6.12. The third-order valence-corrected chi connectivity index (χ3v) is 5.53. The minimum atomic E-state index is -1.54. The molecule has 0 aliphatic carbocycles. The summed E-state index contributed by atoms with van der Waals surface area (Å²) in [6.45, 7) is 5.10. The number of aromatic hydroxyl groups is 1. The lowest BCUT2D eigenvalue weighted by atomic mass is 10.1. The largest absolute Gasteiger partial charge is 0.508 e. The van der Waals surface area contributed by atoms with Crippen molar-refractivity contribution in [2.24, 2.45) is 0 Å². The summed E-state index contributed by atoms with van der Waals surface area (Å²) in [5.41, 5.74) is 5.13. The Balaban J connectivity index is 1.54. The molecule has 0 unspecified atom stereocenters. The number of para-hydroxylation sites is 1. The number of hydrogen-bond donors (Lipinski definition) is 3. The number of carboxylic acids is 1. The summed E-state index contributed by atoms with van der Waals surface area (Å²) in [4.78, 5) is 24.4. The van der Waals surface area contributed by atoms with Gasteiger partial charge in [0.25, 0.3) is 0 Å². The molecule has 1 aliphatic rings. The van der Waals surface area contributed by atoms with Gasteiger partial charge in [-0.1, -0.05) is 18.2 Å². The Morgan fingerprint density at radius 1 is 1.06 bits per heavy atom. The molecule has 0 saturated heterocycles. The summed E-state index contributed by atoms with van der Waals surface area (Å²) in [5.74, 6) is -1.23. The van der Waals surface area contributed by atoms with Gasteiger partial charge < -0.3 is 25.2 Å². The highest BCUT2D eigenvalue weighted by molar-refractivity contribution is 6.36. The van der Waals surface area contributed by atoms with Crippen molar-refractivity contribution in [2.45, 2.75) is 26.8 Å². The molecule has 3 aromatic carbocycles. The van der Waals surface area contributed by atoms with Gasteiger partial charge in [-0.3, -0.25) is 4.79 Å². The second-order valence-corrected chi connectivity index (χ2v) is 7.89. The number of aliphatic carboxylic acids is 1. The van der Waals surface area contributed by atoms with E-state index in [4.69, 9.17) is 9.84 Å². The standard InChI is InChI=1S/C25H24N2O5/c1-15-11-19(26-24(29)25(30)31)12-16(2)23(15)32-20-7-8-22(28)18(13-20)14-27-10-9-17-5-3-4-6-21(17)27/h3-8,11-13,28H,9-10,14H2,1-2H3,(H,26,29)(H,30,31). The maximum Gasteiger partial charge on any atom is 0.394 e. The normalized spacial score (nSPS) is 12.4. The number of phenols is 1. The molecule has 0 aromatic heterocycles. The molecular formula is C25H24N2O5. The van der Waals surface area contributed by atoms with E-state index in [1.807, 2.05) is 32.0 Å². The van der Waals surface area contributed by atoms with Crippen molar-refractivity contribution in [3.63, 3.8) is 0 Å². The average Bonchev–Trinajstić information content (AvgIpc) is 3.16. The van der Waals surface area contributed by atoms with E-state index in [-0.39, 0.29) is 5.75 Å². The van der Waals surface area contributed by atoms with Crippen LogP contribution in [0, 0.1) is 13.8 Å². The number of fused-ring (bicyclic) bond motifs is 1. The van der Waals surface area contributed by atoms with Crippen LogP contribution in [0.25, 0.3) is 0 Å². The van der Waals surface area contributed by atoms with Crippen molar-refractivity contribution >= 4 is 23.3 Å². The molecule has 1 heterocycles. The highest BCUT2D eigenvalue weighted by Gasteiger charge is 2.20. The Kier molecular flexibility index (Phi) is 5.73. The third-order valence-electron chi connectivity index (χ3n) is 5.53. The van der Waals surface area contributed by atoms with Crippen molar-refractivity contribution in [1.82, 2.24) is 0 Å². The molecule has 3 aromatic rings. The highest BCUT2D eigenvalue weighted by Crippen LogP contribution is 2.35. The fourth-order valence-corrected chi connectivity index (χ4v) is 4.01. The number of hydrogen-bond acceptors (Lipinski definition) is 5. The SMILES string of the molecule is Cc1cc(NC(=O)C(=O)O)cc(C)c1Oc1ccc(O)c(CN2CCc3ccccc32)c1. The van der Waals surface area contributed by atoms with E-state index in [9.17, 15) is 14.7 Å². The summed E-state index contributed by atoms with van der Waals surface area (Å²) in [6.07, 6.45) is 0.982. The Hall–Kier alpha value is -4.00. The molecular weight excluding hydrogens is 408 g/mol. The van der Waals surface area contributed by atoms with Crippen molar-refractivity contribution in [3.8, 4) is 17.2 Å². The van der Waals surface area contributed by atoms with E-state index >= 15 is 0 Å². The van der Waals surface area contributed by atoms with Gasteiger partial charge in [-0.05, 0) is 73.4 Å². The molecule has 1 aliphatic heterocycles. The first-order valence-electron chi connectivity index (χ1n) is 10.3. The van der Waals surface area contributed by atoms with Crippen LogP contribution in [-0.4, -0.2) is 28.6 Å². The van der Waals surface area contributed by atoms with Gasteiger partial charge >= 0.3 is 11.9 Å². The molecule has 0 saturated carbocycles. The Morgan fingerprint density at radius 3 is 2.50 bits per heavy atom. The van der Waals surface area contributed by atoms with Gasteiger partial charge in [-0.2, -0.15) is 0 Å². The summed E-state index contributed by atoms with van der Waals surface area (Å²) in [5, 5.41) is 21.5. The van der Waals surface area contributed by atoms with Crippen LogP contribution in [0.4, 0.5) is 11.4 Å². The van der Waals surface area contributed by atoms with Crippen molar-refractivity contribution in [2.75, 3.05) is 16.8 Å². The van der Waals surface area contributed by atoms with Crippen LogP contribution >= 0.6 is 0 Å². The molecule has 32 heavy (non-hydrogen) atoms. The first-order valence-corrected chi connectivity index (χ1v) is 10.3. The van der Waals surface area contributed by atoms with Gasteiger partial charge in [0.2, 0.25) is 0 Å². The number of ether oxygens (including phenoxy) is 1. The smallest absolute Gasteiger partial charge is 0.394 e. The molecule has 0 radical (unpaired) electrons. The summed E-state index contributed by atoms with van der Waals surface area (Å²) in [7, 11) is 0. The third kappa shape index (κ3) is 4.37. The molecule has 3 N–H and O–H groups in total. The molecule has 0 fully saturated rings. The predicted molar refractivity (Wildman–Crippen MR) is 122 cm³/mol. The number of phenolic OH excluding ortho intramolecular Hbond substituents is 1. The number of aryl methyl sites for hydroxylation is 2. The van der Waals surface area contributed by atoms with E-state index in [2.05, 4.69) is 22.3 Å². The monoisotopic (exact) mass is 432 g/mol. The van der Waals surface area contributed by atoms with Crippen molar-refractivity contribution in [3.05, 3.63) is 76.9 Å². The molecule has 7 heteroatoms. The number of nitrogens with one attached hydrogen (secondary N) is 1. The van der Waals surface area contributed by atoms with E-state index in [0.717, 1.165) is 29.7 Å². The number of anilines is 2. The second kappa shape index (κ2) is 8.63. The van der Waals surface area contributed by atoms with Crippen LogP contribution in [-0.2, 0) is 22.6 Å². The van der Waals surface area contributed by atoms with Gasteiger partial charge in [0.15, 0.2) is 0 Å². The number of amides is 1. The highest BCUT2D eigenvalue weighted by atomic mass is 16.5. The van der Waals surface area contributed by atoms with Gasteiger partial charge in [-0.15, -0.1) is 0 Å². The molecule has 7 nitrogen and oxygen atoms in total. The molecule has 1 amide bonds. The lowest BCUT2D eigenvalue weighted by Crippen LogP contribution is -2.21. The lowest BCUT2D eigenvalue weighted by Gasteiger charge is -2.21. The molecule has 0 bridgehead atoms. The zero-order valence-electron chi connectivity index (χ0n) is 17.9. The Bertz CT molecular complexity index is 1180. The number of nitrogens with zero attached hydrogens (tertiary/aromatic N) is 1. The Labute approximate surface area is 185 Å².